The summed E-state index contributed by atoms with van der Waals surface area (Å²) < 4.78 is 0. The lowest BCUT2D eigenvalue weighted by Crippen LogP contribution is -2.16. The summed E-state index contributed by atoms with van der Waals surface area (Å²) in [6.45, 7) is 4.41. The predicted octanol–water partition coefficient (Wildman–Crippen LogP) is 4.03. The van der Waals surface area contributed by atoms with Gasteiger partial charge in [-0.25, -0.2) is 0 Å². The highest BCUT2D eigenvalue weighted by Crippen LogP contribution is 2.14. The van der Waals surface area contributed by atoms with Gasteiger partial charge in [-0.3, -0.25) is 0 Å². The molecule has 0 atom stereocenters. The maximum Gasteiger partial charge on any atom is 0.0474 e. The molecular formula is C12H18ClN. The molecule has 0 bridgehead atoms. The number of alkyl halides is 1. The van der Waals surface area contributed by atoms with E-state index in [4.69, 9.17) is 11.6 Å². The molecule has 14 heavy (non-hydrogen) atoms. The maximum absolute atomic E-state index is 5.72. The summed E-state index contributed by atoms with van der Waals surface area (Å²) in [5.74, 6) is 0.589. The van der Waals surface area contributed by atoms with Crippen LogP contribution in [-0.4, -0.2) is 6.04 Å². The molecule has 0 saturated heterocycles. The van der Waals surface area contributed by atoms with Crippen LogP contribution in [-0.2, 0) is 5.88 Å². The van der Waals surface area contributed by atoms with Gasteiger partial charge in [-0.1, -0.05) is 26.0 Å². The average Bonchev–Trinajstić information content (AvgIpc) is 2.26. The normalized spacial score (nSPS) is 10.6. The first-order valence-corrected chi connectivity index (χ1v) is 5.75. The fourth-order valence-corrected chi connectivity index (χ4v) is 1.60. The topological polar surface area (TPSA) is 12.0 Å². The molecule has 0 aliphatic heterocycles. The molecule has 0 fully saturated rings. The number of anilines is 1. The van der Waals surface area contributed by atoms with Gasteiger partial charge in [0.05, 0.1) is 0 Å². The van der Waals surface area contributed by atoms with Gasteiger partial charge in [-0.05, 0) is 30.5 Å². The molecule has 0 spiro atoms. The van der Waals surface area contributed by atoms with Crippen molar-refractivity contribution < 1.29 is 0 Å². The zero-order chi connectivity index (χ0) is 10.4. The van der Waals surface area contributed by atoms with Crippen molar-refractivity contribution in [2.75, 3.05) is 5.32 Å². The molecular weight excluding hydrogens is 194 g/mol. The lowest BCUT2D eigenvalue weighted by molar-refractivity contribution is 0.672. The third-order valence-corrected chi connectivity index (χ3v) is 2.77. The van der Waals surface area contributed by atoms with Gasteiger partial charge in [0, 0.05) is 17.6 Å². The maximum atomic E-state index is 5.72. The first kappa shape index (κ1) is 11.4. The predicted molar refractivity (Wildman–Crippen MR) is 64.0 cm³/mol. The van der Waals surface area contributed by atoms with Crippen molar-refractivity contribution in [1.29, 1.82) is 0 Å². The molecule has 1 aromatic carbocycles. The van der Waals surface area contributed by atoms with Crippen LogP contribution >= 0.6 is 11.6 Å². The number of nitrogens with one attached hydrogen (secondary N) is 1. The summed E-state index contributed by atoms with van der Waals surface area (Å²) in [5.41, 5.74) is 2.36. The van der Waals surface area contributed by atoms with Crippen LogP contribution in [0.15, 0.2) is 24.3 Å². The summed E-state index contributed by atoms with van der Waals surface area (Å²) in [6.07, 6.45) is 2.32. The number of hydrogen-bond donors (Lipinski definition) is 1. The van der Waals surface area contributed by atoms with E-state index < -0.39 is 0 Å². The van der Waals surface area contributed by atoms with E-state index in [0.717, 1.165) is 12.8 Å². The first-order valence-electron chi connectivity index (χ1n) is 5.21. The van der Waals surface area contributed by atoms with Gasteiger partial charge >= 0.3 is 0 Å². The summed E-state index contributed by atoms with van der Waals surface area (Å²) in [7, 11) is 0. The van der Waals surface area contributed by atoms with Gasteiger partial charge in [-0.2, -0.15) is 0 Å². The largest absolute Gasteiger partial charge is 0.382 e. The molecule has 2 heteroatoms. The molecule has 0 aromatic heterocycles. The minimum absolute atomic E-state index is 0.580. The minimum Gasteiger partial charge on any atom is -0.382 e. The van der Waals surface area contributed by atoms with Crippen molar-refractivity contribution in [3.8, 4) is 0 Å². The van der Waals surface area contributed by atoms with Crippen molar-refractivity contribution in [3.05, 3.63) is 29.8 Å². The molecule has 0 saturated carbocycles. The van der Waals surface area contributed by atoms with E-state index in [1.807, 2.05) is 0 Å². The SMILES string of the molecule is CCC(CC)Nc1ccc(CCl)cc1. The molecule has 1 aromatic rings. The summed E-state index contributed by atoms with van der Waals surface area (Å²) in [5, 5.41) is 3.49. The molecule has 1 nitrogen and oxygen atoms in total. The van der Waals surface area contributed by atoms with Crippen LogP contribution in [0.4, 0.5) is 5.69 Å². The number of rotatable bonds is 5. The lowest BCUT2D eigenvalue weighted by atomic mass is 10.1. The Labute approximate surface area is 91.5 Å². The van der Waals surface area contributed by atoms with Crippen molar-refractivity contribution in [1.82, 2.24) is 0 Å². The Morgan fingerprint density at radius 3 is 2.14 bits per heavy atom. The van der Waals surface area contributed by atoms with E-state index >= 15 is 0 Å². The van der Waals surface area contributed by atoms with Gasteiger partial charge in [0.15, 0.2) is 0 Å². The Balaban J connectivity index is 2.58. The second kappa shape index (κ2) is 5.92. The second-order valence-corrected chi connectivity index (χ2v) is 3.76. The molecule has 0 unspecified atom stereocenters. The number of benzene rings is 1. The van der Waals surface area contributed by atoms with Crippen molar-refractivity contribution >= 4 is 17.3 Å². The Morgan fingerprint density at radius 1 is 1.14 bits per heavy atom. The highest BCUT2D eigenvalue weighted by molar-refractivity contribution is 6.17. The van der Waals surface area contributed by atoms with Crippen LogP contribution in [0.3, 0.4) is 0 Å². The molecule has 1 N–H and O–H groups in total. The van der Waals surface area contributed by atoms with Crippen LogP contribution in [0.5, 0.6) is 0 Å². The van der Waals surface area contributed by atoms with Crippen LogP contribution < -0.4 is 5.32 Å². The first-order chi connectivity index (χ1) is 6.80. The zero-order valence-corrected chi connectivity index (χ0v) is 9.64. The highest BCUT2D eigenvalue weighted by atomic mass is 35.5. The van der Waals surface area contributed by atoms with E-state index in [1.165, 1.54) is 11.3 Å². The molecule has 78 valence electrons. The second-order valence-electron chi connectivity index (χ2n) is 3.49. The fourth-order valence-electron chi connectivity index (χ4n) is 1.42. The third-order valence-electron chi connectivity index (χ3n) is 2.46. The summed E-state index contributed by atoms with van der Waals surface area (Å²) in [6, 6.07) is 8.90. The van der Waals surface area contributed by atoms with Crippen molar-refractivity contribution in [3.63, 3.8) is 0 Å². The molecule has 0 radical (unpaired) electrons. The van der Waals surface area contributed by atoms with Crippen molar-refractivity contribution in [2.45, 2.75) is 38.6 Å². The van der Waals surface area contributed by atoms with Gasteiger partial charge in [0.2, 0.25) is 0 Å². The fraction of sp³-hybridized carbons (Fsp3) is 0.500. The third kappa shape index (κ3) is 3.22. The van der Waals surface area contributed by atoms with Gasteiger partial charge in [-0.15, -0.1) is 11.6 Å². The van der Waals surface area contributed by atoms with E-state index in [-0.39, 0.29) is 0 Å². The lowest BCUT2D eigenvalue weighted by Gasteiger charge is -2.16. The average molecular weight is 212 g/mol. The van der Waals surface area contributed by atoms with E-state index in [1.54, 1.807) is 0 Å². The van der Waals surface area contributed by atoms with E-state index in [2.05, 4.69) is 43.4 Å². The van der Waals surface area contributed by atoms with Gasteiger partial charge < -0.3 is 5.32 Å². The van der Waals surface area contributed by atoms with Crippen LogP contribution in [0.25, 0.3) is 0 Å². The smallest absolute Gasteiger partial charge is 0.0474 e. The van der Waals surface area contributed by atoms with Gasteiger partial charge in [0.25, 0.3) is 0 Å². The zero-order valence-electron chi connectivity index (χ0n) is 8.89. The molecule has 0 aliphatic rings. The molecule has 1 rings (SSSR count). The Morgan fingerprint density at radius 2 is 1.71 bits per heavy atom. The summed E-state index contributed by atoms with van der Waals surface area (Å²) in [4.78, 5) is 0. The highest BCUT2D eigenvalue weighted by Gasteiger charge is 2.01. The van der Waals surface area contributed by atoms with E-state index in [9.17, 15) is 0 Å². The van der Waals surface area contributed by atoms with E-state index in [0.29, 0.717) is 11.9 Å². The Kier molecular flexibility index (Phi) is 4.81. The molecule has 0 heterocycles. The molecule has 0 aliphatic carbocycles. The van der Waals surface area contributed by atoms with Crippen LogP contribution in [0.1, 0.15) is 32.3 Å². The molecule has 0 amide bonds. The monoisotopic (exact) mass is 211 g/mol. The number of hydrogen-bond acceptors (Lipinski definition) is 1. The quantitative estimate of drug-likeness (QED) is 0.726. The summed E-state index contributed by atoms with van der Waals surface area (Å²) >= 11 is 5.72. The number of halogens is 1. The van der Waals surface area contributed by atoms with Crippen LogP contribution in [0, 0.1) is 0 Å². The van der Waals surface area contributed by atoms with Gasteiger partial charge in [0.1, 0.15) is 0 Å². The van der Waals surface area contributed by atoms with Crippen molar-refractivity contribution in [2.24, 2.45) is 0 Å². The minimum atomic E-state index is 0.580. The standard InChI is InChI=1S/C12H18ClN/c1-3-11(4-2)14-12-7-5-10(9-13)6-8-12/h5-8,11,14H,3-4,9H2,1-2H3. The Hall–Kier alpha value is -0.690. The Bertz CT molecular complexity index is 252. The van der Waals surface area contributed by atoms with Crippen LogP contribution in [0.2, 0.25) is 0 Å².